The van der Waals surface area contributed by atoms with Crippen LogP contribution in [-0.2, 0) is 0 Å². The smallest absolute Gasteiger partial charge is 0.257 e. The van der Waals surface area contributed by atoms with E-state index in [1.807, 2.05) is 36.7 Å². The van der Waals surface area contributed by atoms with Gasteiger partial charge < -0.3 is 0 Å². The summed E-state index contributed by atoms with van der Waals surface area (Å²) in [6.45, 7) is 3.84. The number of thioether (sulfide) groups is 1. The third-order valence-electron chi connectivity index (χ3n) is 3.45. The largest absolute Gasteiger partial charge is 0.298 e. The standard InChI is InChI=1S/C17H15N5OS2/c1-11-7-9-19-22(11)14-5-3-13(4-6-14)15(23)21-17-20-12(2)16(25-17)24-10-8-18/h3-7,9H,10H2,1-2H3,(H,20,21,23). The molecule has 0 aliphatic rings. The van der Waals surface area contributed by atoms with Gasteiger partial charge in [0.15, 0.2) is 5.13 Å². The summed E-state index contributed by atoms with van der Waals surface area (Å²) < 4.78 is 2.76. The molecule has 1 aromatic carbocycles. The number of aryl methyl sites for hydroxylation is 2. The van der Waals surface area contributed by atoms with E-state index in [4.69, 9.17) is 5.26 Å². The van der Waals surface area contributed by atoms with Gasteiger partial charge in [-0.1, -0.05) is 23.1 Å². The molecular weight excluding hydrogens is 354 g/mol. The number of nitrogens with one attached hydrogen (secondary N) is 1. The summed E-state index contributed by atoms with van der Waals surface area (Å²) in [7, 11) is 0. The Morgan fingerprint density at radius 1 is 1.32 bits per heavy atom. The zero-order chi connectivity index (χ0) is 17.8. The van der Waals surface area contributed by atoms with Gasteiger partial charge in [0.2, 0.25) is 0 Å². The molecule has 0 atom stereocenters. The molecular formula is C17H15N5OS2. The normalized spacial score (nSPS) is 10.4. The van der Waals surface area contributed by atoms with Crippen LogP contribution in [0.25, 0.3) is 5.69 Å². The lowest BCUT2D eigenvalue weighted by Crippen LogP contribution is -2.11. The number of rotatable bonds is 5. The summed E-state index contributed by atoms with van der Waals surface area (Å²) in [5, 5.41) is 16.3. The van der Waals surface area contributed by atoms with Gasteiger partial charge in [-0.25, -0.2) is 9.67 Å². The Balaban J connectivity index is 1.71. The van der Waals surface area contributed by atoms with E-state index in [2.05, 4.69) is 21.5 Å². The molecule has 8 heteroatoms. The predicted octanol–water partition coefficient (Wildman–Crippen LogP) is 3.81. The number of amides is 1. The second kappa shape index (κ2) is 7.51. The summed E-state index contributed by atoms with van der Waals surface area (Å²) in [5.74, 6) is 0.152. The minimum atomic E-state index is -0.214. The van der Waals surface area contributed by atoms with Gasteiger partial charge in [0.05, 0.1) is 27.4 Å². The second-order valence-corrected chi connectivity index (χ2v) is 7.47. The summed E-state index contributed by atoms with van der Waals surface area (Å²) in [6.07, 6.45) is 1.74. The average Bonchev–Trinajstić information content (AvgIpc) is 3.18. The van der Waals surface area contributed by atoms with Gasteiger partial charge in [-0.3, -0.25) is 10.1 Å². The Morgan fingerprint density at radius 3 is 2.72 bits per heavy atom. The molecule has 1 amide bonds. The summed E-state index contributed by atoms with van der Waals surface area (Å²) in [5.41, 5.74) is 3.30. The van der Waals surface area contributed by atoms with Gasteiger partial charge in [-0.2, -0.15) is 10.4 Å². The number of carbonyl (C=O) groups is 1. The number of nitriles is 1. The molecule has 0 saturated carbocycles. The first-order valence-corrected chi connectivity index (χ1v) is 9.28. The van der Waals surface area contributed by atoms with E-state index < -0.39 is 0 Å². The quantitative estimate of drug-likeness (QED) is 0.691. The van der Waals surface area contributed by atoms with Gasteiger partial charge in [-0.15, -0.1) is 0 Å². The van der Waals surface area contributed by atoms with Crippen molar-refractivity contribution in [2.24, 2.45) is 0 Å². The van der Waals surface area contributed by atoms with Crippen LogP contribution in [0.2, 0.25) is 0 Å². The fourth-order valence-corrected chi connectivity index (χ4v) is 4.03. The van der Waals surface area contributed by atoms with Crippen LogP contribution in [0.3, 0.4) is 0 Å². The lowest BCUT2D eigenvalue weighted by Gasteiger charge is -2.06. The topological polar surface area (TPSA) is 83.6 Å². The van der Waals surface area contributed by atoms with Crippen molar-refractivity contribution in [3.63, 3.8) is 0 Å². The number of carbonyl (C=O) groups excluding carboxylic acids is 1. The van der Waals surface area contributed by atoms with Crippen molar-refractivity contribution < 1.29 is 4.79 Å². The fraction of sp³-hybridized carbons (Fsp3) is 0.176. The van der Waals surface area contributed by atoms with Crippen LogP contribution in [0.4, 0.5) is 5.13 Å². The lowest BCUT2D eigenvalue weighted by atomic mass is 10.2. The zero-order valence-corrected chi connectivity index (χ0v) is 15.3. The van der Waals surface area contributed by atoms with Gasteiger partial charge >= 0.3 is 0 Å². The third-order valence-corrected chi connectivity index (χ3v) is 5.75. The molecule has 0 fully saturated rings. The van der Waals surface area contributed by atoms with E-state index in [1.54, 1.807) is 18.3 Å². The van der Waals surface area contributed by atoms with Crippen molar-refractivity contribution in [2.75, 3.05) is 11.1 Å². The average molecular weight is 369 g/mol. The van der Waals surface area contributed by atoms with Crippen LogP contribution >= 0.6 is 23.1 Å². The maximum absolute atomic E-state index is 12.4. The number of anilines is 1. The summed E-state index contributed by atoms with van der Waals surface area (Å²) >= 11 is 2.81. The van der Waals surface area contributed by atoms with Crippen molar-refractivity contribution >= 4 is 34.1 Å². The lowest BCUT2D eigenvalue weighted by molar-refractivity contribution is 0.102. The highest BCUT2D eigenvalue weighted by Crippen LogP contribution is 2.32. The van der Waals surface area contributed by atoms with Crippen LogP contribution in [0, 0.1) is 25.2 Å². The number of thiazole rings is 1. The highest BCUT2D eigenvalue weighted by Gasteiger charge is 2.12. The van der Waals surface area contributed by atoms with Crippen LogP contribution in [0.1, 0.15) is 21.7 Å². The van der Waals surface area contributed by atoms with E-state index in [1.165, 1.54) is 23.1 Å². The first-order valence-electron chi connectivity index (χ1n) is 7.48. The number of hydrogen-bond acceptors (Lipinski definition) is 6. The second-order valence-electron chi connectivity index (χ2n) is 5.22. The minimum absolute atomic E-state index is 0.214. The van der Waals surface area contributed by atoms with Crippen LogP contribution in [0.15, 0.2) is 40.7 Å². The third kappa shape index (κ3) is 3.90. The molecule has 25 heavy (non-hydrogen) atoms. The van der Waals surface area contributed by atoms with E-state index in [9.17, 15) is 4.79 Å². The molecule has 0 unspecified atom stereocenters. The van der Waals surface area contributed by atoms with Gasteiger partial charge in [0.25, 0.3) is 5.91 Å². The SMILES string of the molecule is Cc1nc(NC(=O)c2ccc(-n3nccc3C)cc2)sc1SCC#N. The molecule has 0 spiro atoms. The van der Waals surface area contributed by atoms with Gasteiger partial charge in [-0.05, 0) is 44.2 Å². The number of nitrogens with zero attached hydrogens (tertiary/aromatic N) is 4. The van der Waals surface area contributed by atoms with Crippen molar-refractivity contribution in [3.05, 3.63) is 53.5 Å². The summed E-state index contributed by atoms with van der Waals surface area (Å²) in [4.78, 5) is 16.7. The van der Waals surface area contributed by atoms with Crippen LogP contribution in [0.5, 0.6) is 0 Å². The molecule has 6 nitrogen and oxygen atoms in total. The highest BCUT2D eigenvalue weighted by molar-refractivity contribution is 8.01. The van der Waals surface area contributed by atoms with Gasteiger partial charge in [0.1, 0.15) is 0 Å². The molecule has 0 aliphatic heterocycles. The van der Waals surface area contributed by atoms with E-state index in [0.717, 1.165) is 21.3 Å². The molecule has 0 bridgehead atoms. The molecule has 2 heterocycles. The predicted molar refractivity (Wildman–Crippen MR) is 99.4 cm³/mol. The van der Waals surface area contributed by atoms with E-state index in [0.29, 0.717) is 16.4 Å². The fourth-order valence-electron chi connectivity index (χ4n) is 2.23. The van der Waals surface area contributed by atoms with Crippen molar-refractivity contribution in [2.45, 2.75) is 18.1 Å². The first kappa shape index (κ1) is 17.2. The Hall–Kier alpha value is -2.63. The maximum Gasteiger partial charge on any atom is 0.257 e. The molecule has 0 aliphatic carbocycles. The minimum Gasteiger partial charge on any atom is -0.298 e. The summed E-state index contributed by atoms with van der Waals surface area (Å²) in [6, 6.07) is 11.2. The first-order chi connectivity index (χ1) is 12.1. The molecule has 126 valence electrons. The molecule has 1 N–H and O–H groups in total. The Kier molecular flexibility index (Phi) is 5.16. The van der Waals surface area contributed by atoms with Crippen molar-refractivity contribution in [1.82, 2.24) is 14.8 Å². The monoisotopic (exact) mass is 369 g/mol. The van der Waals surface area contributed by atoms with E-state index >= 15 is 0 Å². The Morgan fingerprint density at radius 2 is 2.08 bits per heavy atom. The van der Waals surface area contributed by atoms with Crippen molar-refractivity contribution in [1.29, 1.82) is 5.26 Å². The number of benzene rings is 1. The van der Waals surface area contributed by atoms with Gasteiger partial charge in [0, 0.05) is 17.5 Å². The van der Waals surface area contributed by atoms with E-state index in [-0.39, 0.29) is 5.91 Å². The molecule has 0 saturated heterocycles. The highest BCUT2D eigenvalue weighted by atomic mass is 32.2. The molecule has 0 radical (unpaired) electrons. The molecule has 2 aromatic heterocycles. The maximum atomic E-state index is 12.4. The molecule has 3 aromatic rings. The Labute approximate surface area is 153 Å². The zero-order valence-electron chi connectivity index (χ0n) is 13.7. The van der Waals surface area contributed by atoms with Crippen LogP contribution in [-0.4, -0.2) is 26.4 Å². The molecule has 3 rings (SSSR count). The Bertz CT molecular complexity index is 937. The number of hydrogen-bond donors (Lipinski definition) is 1. The van der Waals surface area contributed by atoms with Crippen molar-refractivity contribution in [3.8, 4) is 11.8 Å². The van der Waals surface area contributed by atoms with Crippen LogP contribution < -0.4 is 5.32 Å². The number of aromatic nitrogens is 3.